The van der Waals surface area contributed by atoms with Crippen LogP contribution in [0.4, 0.5) is 4.39 Å². The van der Waals surface area contributed by atoms with E-state index in [1.807, 2.05) is 31.3 Å². The summed E-state index contributed by atoms with van der Waals surface area (Å²) in [5.74, 6) is -0.364. The fourth-order valence-corrected chi connectivity index (χ4v) is 2.09. The summed E-state index contributed by atoms with van der Waals surface area (Å²) in [5.41, 5.74) is 2.12. The minimum Gasteiger partial charge on any atom is -0.313 e. The van der Waals surface area contributed by atoms with Gasteiger partial charge in [-0.05, 0) is 36.7 Å². The van der Waals surface area contributed by atoms with Crippen molar-refractivity contribution in [3.05, 3.63) is 70.5 Å². The van der Waals surface area contributed by atoms with Crippen molar-refractivity contribution >= 4 is 11.6 Å². The van der Waals surface area contributed by atoms with Crippen molar-refractivity contribution < 1.29 is 4.39 Å². The zero-order valence-corrected chi connectivity index (χ0v) is 10.9. The zero-order chi connectivity index (χ0) is 13.0. The molecule has 94 valence electrons. The maximum Gasteiger partial charge on any atom is 0.142 e. The van der Waals surface area contributed by atoms with E-state index in [0.29, 0.717) is 0 Å². The monoisotopic (exact) mass is 263 g/mol. The molecule has 1 atom stereocenters. The molecule has 0 spiro atoms. The van der Waals surface area contributed by atoms with Crippen molar-refractivity contribution in [2.24, 2.45) is 0 Å². The highest BCUT2D eigenvalue weighted by molar-refractivity contribution is 6.30. The van der Waals surface area contributed by atoms with Crippen LogP contribution in [0.2, 0.25) is 5.02 Å². The number of likely N-dealkylation sites (N-methyl/N-ethyl adjacent to an activating group) is 1. The lowest BCUT2D eigenvalue weighted by Crippen LogP contribution is -2.18. The Morgan fingerprint density at radius 3 is 2.50 bits per heavy atom. The first-order chi connectivity index (χ1) is 8.70. The third-order valence-electron chi connectivity index (χ3n) is 2.97. The third kappa shape index (κ3) is 3.09. The Hall–Kier alpha value is -1.38. The molecule has 0 saturated carbocycles. The van der Waals surface area contributed by atoms with Gasteiger partial charge in [0.25, 0.3) is 0 Å². The van der Waals surface area contributed by atoms with E-state index < -0.39 is 0 Å². The minimum absolute atomic E-state index is 0.166. The molecule has 18 heavy (non-hydrogen) atoms. The summed E-state index contributed by atoms with van der Waals surface area (Å²) in [6.07, 6.45) is 0.731. The molecule has 0 fully saturated rings. The Kier molecular flexibility index (Phi) is 4.34. The van der Waals surface area contributed by atoms with Crippen molar-refractivity contribution in [1.82, 2.24) is 5.32 Å². The molecule has 0 bridgehead atoms. The Morgan fingerprint density at radius 1 is 1.17 bits per heavy atom. The smallest absolute Gasteiger partial charge is 0.142 e. The van der Waals surface area contributed by atoms with Crippen LogP contribution < -0.4 is 5.32 Å². The molecule has 1 N–H and O–H groups in total. The molecule has 3 heteroatoms. The van der Waals surface area contributed by atoms with Gasteiger partial charge in [0, 0.05) is 6.04 Å². The lowest BCUT2D eigenvalue weighted by molar-refractivity contribution is 0.584. The lowest BCUT2D eigenvalue weighted by Gasteiger charge is -2.16. The van der Waals surface area contributed by atoms with Crippen LogP contribution >= 0.6 is 11.6 Å². The van der Waals surface area contributed by atoms with Crippen molar-refractivity contribution in [3.63, 3.8) is 0 Å². The molecule has 1 nitrogen and oxygen atoms in total. The van der Waals surface area contributed by atoms with Gasteiger partial charge in [-0.25, -0.2) is 4.39 Å². The first kappa shape index (κ1) is 13.1. The molecule has 0 aromatic heterocycles. The number of rotatable bonds is 4. The molecule has 0 aliphatic rings. The van der Waals surface area contributed by atoms with E-state index in [9.17, 15) is 4.39 Å². The molecule has 0 heterocycles. The summed E-state index contributed by atoms with van der Waals surface area (Å²) < 4.78 is 13.4. The molecule has 0 radical (unpaired) electrons. The fourth-order valence-electron chi connectivity index (χ4n) is 1.97. The van der Waals surface area contributed by atoms with Crippen LogP contribution in [0.1, 0.15) is 17.2 Å². The second kappa shape index (κ2) is 5.98. The minimum atomic E-state index is -0.364. The molecular formula is C15H15ClFN. The molecular weight excluding hydrogens is 249 g/mol. The van der Waals surface area contributed by atoms with E-state index in [2.05, 4.69) is 17.4 Å². The molecule has 0 amide bonds. The number of halogens is 2. The maximum absolute atomic E-state index is 13.4. The summed E-state index contributed by atoms with van der Waals surface area (Å²) >= 11 is 5.68. The average molecular weight is 264 g/mol. The summed E-state index contributed by atoms with van der Waals surface area (Å²) in [7, 11) is 1.91. The maximum atomic E-state index is 13.4. The predicted octanol–water partition coefficient (Wildman–Crippen LogP) is 3.98. The molecule has 1 unspecified atom stereocenters. The first-order valence-corrected chi connectivity index (χ1v) is 6.24. The van der Waals surface area contributed by atoms with Crippen LogP contribution in [0.3, 0.4) is 0 Å². The number of benzene rings is 2. The van der Waals surface area contributed by atoms with E-state index in [1.165, 1.54) is 11.6 Å². The van der Waals surface area contributed by atoms with Gasteiger partial charge in [0.2, 0.25) is 0 Å². The van der Waals surface area contributed by atoms with Crippen molar-refractivity contribution in [3.8, 4) is 0 Å². The Labute approximate surface area is 112 Å². The zero-order valence-electron chi connectivity index (χ0n) is 10.2. The standard InChI is InChI=1S/C15H15ClFN/c1-18-15(12-5-3-2-4-6-12)10-11-7-8-13(16)14(17)9-11/h2-9,15,18H,10H2,1H3. The normalized spacial score (nSPS) is 12.4. The Morgan fingerprint density at radius 2 is 1.89 bits per heavy atom. The van der Waals surface area contributed by atoms with E-state index >= 15 is 0 Å². The quantitative estimate of drug-likeness (QED) is 0.880. The van der Waals surface area contributed by atoms with E-state index in [-0.39, 0.29) is 16.9 Å². The predicted molar refractivity (Wildman–Crippen MR) is 73.4 cm³/mol. The second-order valence-electron chi connectivity index (χ2n) is 4.20. The van der Waals surface area contributed by atoms with Crippen molar-refractivity contribution in [2.75, 3.05) is 7.05 Å². The van der Waals surface area contributed by atoms with Crippen LogP contribution in [0, 0.1) is 5.82 Å². The number of hydrogen-bond acceptors (Lipinski definition) is 1. The van der Waals surface area contributed by atoms with Crippen LogP contribution in [-0.4, -0.2) is 7.05 Å². The number of hydrogen-bond donors (Lipinski definition) is 1. The summed E-state index contributed by atoms with van der Waals surface area (Å²) in [5, 5.41) is 3.41. The van der Waals surface area contributed by atoms with E-state index in [0.717, 1.165) is 12.0 Å². The van der Waals surface area contributed by atoms with E-state index in [1.54, 1.807) is 6.07 Å². The topological polar surface area (TPSA) is 12.0 Å². The molecule has 2 rings (SSSR count). The summed E-state index contributed by atoms with van der Waals surface area (Å²) in [4.78, 5) is 0. The van der Waals surface area contributed by atoms with Gasteiger partial charge in [-0.15, -0.1) is 0 Å². The molecule has 2 aromatic carbocycles. The average Bonchev–Trinajstić information content (AvgIpc) is 2.41. The summed E-state index contributed by atoms with van der Waals surface area (Å²) in [6, 6.07) is 15.2. The first-order valence-electron chi connectivity index (χ1n) is 5.87. The lowest BCUT2D eigenvalue weighted by atomic mass is 9.99. The van der Waals surface area contributed by atoms with Crippen LogP contribution in [0.5, 0.6) is 0 Å². The van der Waals surface area contributed by atoms with Gasteiger partial charge in [-0.1, -0.05) is 48.0 Å². The molecule has 0 saturated heterocycles. The van der Waals surface area contributed by atoms with Gasteiger partial charge in [0.15, 0.2) is 0 Å². The third-order valence-corrected chi connectivity index (χ3v) is 3.28. The van der Waals surface area contributed by atoms with Crippen molar-refractivity contribution in [2.45, 2.75) is 12.5 Å². The van der Waals surface area contributed by atoms with Gasteiger partial charge < -0.3 is 5.32 Å². The van der Waals surface area contributed by atoms with Gasteiger partial charge >= 0.3 is 0 Å². The highest BCUT2D eigenvalue weighted by atomic mass is 35.5. The summed E-state index contributed by atoms with van der Waals surface area (Å²) in [6.45, 7) is 0. The van der Waals surface area contributed by atoms with E-state index in [4.69, 9.17) is 11.6 Å². The molecule has 0 aliphatic heterocycles. The molecule has 0 aliphatic carbocycles. The SMILES string of the molecule is CNC(Cc1ccc(Cl)c(F)c1)c1ccccc1. The Balaban J connectivity index is 2.18. The fraction of sp³-hybridized carbons (Fsp3) is 0.200. The Bertz CT molecular complexity index is 513. The van der Waals surface area contributed by atoms with Gasteiger partial charge in [-0.2, -0.15) is 0 Å². The second-order valence-corrected chi connectivity index (χ2v) is 4.61. The van der Waals surface area contributed by atoms with Crippen molar-refractivity contribution in [1.29, 1.82) is 0 Å². The largest absolute Gasteiger partial charge is 0.313 e. The van der Waals surface area contributed by atoms with Crippen LogP contribution in [0.25, 0.3) is 0 Å². The van der Waals surface area contributed by atoms with Gasteiger partial charge in [0.05, 0.1) is 5.02 Å². The highest BCUT2D eigenvalue weighted by Gasteiger charge is 2.10. The molecule has 2 aromatic rings. The highest BCUT2D eigenvalue weighted by Crippen LogP contribution is 2.21. The van der Waals surface area contributed by atoms with Gasteiger partial charge in [0.1, 0.15) is 5.82 Å². The van der Waals surface area contributed by atoms with Crippen LogP contribution in [0.15, 0.2) is 48.5 Å². The number of nitrogens with one attached hydrogen (secondary N) is 1. The van der Waals surface area contributed by atoms with Gasteiger partial charge in [-0.3, -0.25) is 0 Å². The van der Waals surface area contributed by atoms with Crippen LogP contribution in [-0.2, 0) is 6.42 Å².